The molecule has 0 unspecified atom stereocenters. The van der Waals surface area contributed by atoms with Crippen LogP contribution >= 0.6 is 15.9 Å². The molecule has 29 heavy (non-hydrogen) atoms. The van der Waals surface area contributed by atoms with Crippen molar-refractivity contribution in [1.82, 2.24) is 5.32 Å². The zero-order valence-corrected chi connectivity index (χ0v) is 18.8. The van der Waals surface area contributed by atoms with E-state index in [0.29, 0.717) is 21.3 Å². The van der Waals surface area contributed by atoms with Gasteiger partial charge < -0.3 is 10.2 Å². The number of amides is 1. The molecule has 2 rings (SSSR count). The molecule has 0 aliphatic carbocycles. The van der Waals surface area contributed by atoms with Gasteiger partial charge in [0.05, 0.1) is 10.2 Å². The van der Waals surface area contributed by atoms with Gasteiger partial charge in [-0.05, 0) is 53.4 Å². The summed E-state index contributed by atoms with van der Waals surface area (Å²) in [6.07, 6.45) is 3.69. The van der Waals surface area contributed by atoms with Crippen molar-refractivity contribution >= 4 is 33.1 Å². The summed E-state index contributed by atoms with van der Waals surface area (Å²) >= 11 is 3.18. The first-order chi connectivity index (χ1) is 13.9. The molecule has 0 aliphatic rings. The fourth-order valence-corrected chi connectivity index (χ4v) is 3.29. The lowest BCUT2D eigenvalue weighted by Crippen LogP contribution is -2.20. The summed E-state index contributed by atoms with van der Waals surface area (Å²) in [6, 6.07) is 10.8. The molecule has 0 radical (unpaired) electrons. The third kappa shape index (κ3) is 5.76. The van der Waals surface area contributed by atoms with Gasteiger partial charge in [-0.3, -0.25) is 4.79 Å². The summed E-state index contributed by atoms with van der Waals surface area (Å²) in [4.78, 5) is 18.0. The van der Waals surface area contributed by atoms with E-state index in [1.807, 2.05) is 31.2 Å². The number of halogens is 2. The third-order valence-electron chi connectivity index (χ3n) is 4.56. The Labute approximate surface area is 180 Å². The van der Waals surface area contributed by atoms with E-state index >= 15 is 0 Å². The Hall–Kier alpha value is -2.47. The van der Waals surface area contributed by atoms with E-state index in [1.54, 1.807) is 32.2 Å². The van der Waals surface area contributed by atoms with Gasteiger partial charge in [0.2, 0.25) is 0 Å². The number of carbonyl (C=O) groups is 1. The minimum Gasteiger partial charge on any atom is -0.391 e. The molecule has 0 atom stereocenters. The lowest BCUT2D eigenvalue weighted by atomic mass is 9.95. The van der Waals surface area contributed by atoms with Gasteiger partial charge in [0.25, 0.3) is 5.91 Å². The number of benzene rings is 2. The second-order valence-electron chi connectivity index (χ2n) is 6.64. The number of hydrogen-bond donors (Lipinski definition) is 1. The van der Waals surface area contributed by atoms with Gasteiger partial charge in [-0.1, -0.05) is 54.9 Å². The zero-order valence-electron chi connectivity index (χ0n) is 17.2. The van der Waals surface area contributed by atoms with Crippen LogP contribution in [-0.2, 0) is 16.2 Å². The van der Waals surface area contributed by atoms with Crippen molar-refractivity contribution in [3.8, 4) is 0 Å². The number of allylic oxidation sites excluding steroid dienone is 1. The summed E-state index contributed by atoms with van der Waals surface area (Å²) in [7, 11) is 1.62. The molecule has 6 heteroatoms. The van der Waals surface area contributed by atoms with Crippen LogP contribution in [0.5, 0.6) is 0 Å². The van der Waals surface area contributed by atoms with Gasteiger partial charge in [0, 0.05) is 23.7 Å². The number of unbranched alkanes of at least 4 members (excludes halogenated alkanes) is 1. The Balaban J connectivity index is 2.31. The van der Waals surface area contributed by atoms with Crippen LogP contribution in [0.3, 0.4) is 0 Å². The summed E-state index contributed by atoms with van der Waals surface area (Å²) in [6.45, 7) is 5.90. The smallest absolute Gasteiger partial charge is 0.251 e. The van der Waals surface area contributed by atoms with Crippen molar-refractivity contribution in [1.29, 1.82) is 0 Å². The number of oxime groups is 1. The van der Waals surface area contributed by atoms with Crippen LogP contribution in [0.2, 0.25) is 0 Å². The van der Waals surface area contributed by atoms with E-state index < -0.39 is 0 Å². The van der Waals surface area contributed by atoms with E-state index in [2.05, 4.69) is 33.3 Å². The Morgan fingerprint density at radius 2 is 1.93 bits per heavy atom. The first kappa shape index (κ1) is 22.8. The van der Waals surface area contributed by atoms with Gasteiger partial charge in [-0.25, -0.2) is 4.39 Å². The second-order valence-corrected chi connectivity index (χ2v) is 7.49. The van der Waals surface area contributed by atoms with Crippen LogP contribution in [0.1, 0.15) is 48.9 Å². The summed E-state index contributed by atoms with van der Waals surface area (Å²) in [5.41, 5.74) is 4.12. The molecule has 0 bridgehead atoms. The average molecular weight is 461 g/mol. The second kappa shape index (κ2) is 10.9. The average Bonchev–Trinajstić information content (AvgIpc) is 2.71. The predicted molar refractivity (Wildman–Crippen MR) is 119 cm³/mol. The highest BCUT2D eigenvalue weighted by atomic mass is 79.9. The van der Waals surface area contributed by atoms with Crippen molar-refractivity contribution in [2.45, 2.75) is 40.2 Å². The highest BCUT2D eigenvalue weighted by Gasteiger charge is 2.16. The fraction of sp³-hybridized carbons (Fsp3) is 0.304. The fourth-order valence-electron chi connectivity index (χ4n) is 2.92. The van der Waals surface area contributed by atoms with Crippen molar-refractivity contribution in [3.05, 3.63) is 75.0 Å². The molecule has 1 amide bonds. The summed E-state index contributed by atoms with van der Waals surface area (Å²) in [5.74, 6) is -0.514. The molecule has 0 aliphatic heterocycles. The number of rotatable bonds is 8. The van der Waals surface area contributed by atoms with Gasteiger partial charge in [-0.15, -0.1) is 0 Å². The lowest BCUT2D eigenvalue weighted by Gasteiger charge is -2.14. The largest absolute Gasteiger partial charge is 0.391 e. The van der Waals surface area contributed by atoms with Crippen molar-refractivity contribution in [2.24, 2.45) is 5.16 Å². The number of aryl methyl sites for hydroxylation is 1. The lowest BCUT2D eigenvalue weighted by molar-refractivity contribution is -0.115. The van der Waals surface area contributed by atoms with Gasteiger partial charge in [0.15, 0.2) is 0 Å². The van der Waals surface area contributed by atoms with Crippen molar-refractivity contribution < 1.29 is 14.0 Å². The van der Waals surface area contributed by atoms with Crippen molar-refractivity contribution in [2.75, 3.05) is 7.05 Å². The molecule has 4 nitrogen and oxygen atoms in total. The molecule has 0 saturated carbocycles. The van der Waals surface area contributed by atoms with Gasteiger partial charge >= 0.3 is 0 Å². The summed E-state index contributed by atoms with van der Waals surface area (Å²) < 4.78 is 14.6. The maximum atomic E-state index is 14.2. The number of nitrogens with zero attached hydrogens (tertiary/aromatic N) is 1. The Bertz CT molecular complexity index is 938. The molecule has 0 aromatic heterocycles. The highest BCUT2D eigenvalue weighted by Crippen LogP contribution is 2.25. The maximum absolute atomic E-state index is 14.2. The molecule has 2 aromatic carbocycles. The van der Waals surface area contributed by atoms with E-state index in [1.165, 1.54) is 0 Å². The first-order valence-corrected chi connectivity index (χ1v) is 10.3. The van der Waals surface area contributed by atoms with Crippen LogP contribution in [-0.4, -0.2) is 18.7 Å². The van der Waals surface area contributed by atoms with Crippen LogP contribution in [0.15, 0.2) is 52.1 Å². The molecule has 1 N–H and O–H groups in total. The topological polar surface area (TPSA) is 50.7 Å². The molecule has 0 spiro atoms. The van der Waals surface area contributed by atoms with Gasteiger partial charge in [0.1, 0.15) is 12.4 Å². The highest BCUT2D eigenvalue weighted by molar-refractivity contribution is 9.10. The molecule has 0 fully saturated rings. The van der Waals surface area contributed by atoms with E-state index in [9.17, 15) is 9.18 Å². The number of likely N-dealkylation sites (N-methyl/N-ethyl adjacent to an activating group) is 1. The maximum Gasteiger partial charge on any atom is 0.251 e. The van der Waals surface area contributed by atoms with Crippen LogP contribution in [0, 0.1) is 12.7 Å². The Morgan fingerprint density at radius 3 is 2.62 bits per heavy atom. The Kier molecular flexibility index (Phi) is 8.58. The standard InChI is InChI=1S/C23H26BrFN2O2/c1-5-6-10-19(23(28)26-4)18-12-7-9-15(2)20(18)14-29-27-16(3)17-11-8-13-21(24)22(17)25/h7-13H,5-6,14H2,1-4H3,(H,26,28)/b19-10-,27-16+. The molecule has 0 heterocycles. The molecule has 0 saturated heterocycles. The van der Waals surface area contributed by atoms with Crippen LogP contribution in [0.4, 0.5) is 4.39 Å². The van der Waals surface area contributed by atoms with Crippen LogP contribution < -0.4 is 5.32 Å². The van der Waals surface area contributed by atoms with Gasteiger partial charge in [-0.2, -0.15) is 0 Å². The molecular weight excluding hydrogens is 435 g/mol. The van der Waals surface area contributed by atoms with E-state index in [-0.39, 0.29) is 18.3 Å². The summed E-state index contributed by atoms with van der Waals surface area (Å²) in [5, 5.41) is 6.80. The molecule has 2 aromatic rings. The number of hydrogen-bond acceptors (Lipinski definition) is 3. The normalized spacial score (nSPS) is 12.1. The van der Waals surface area contributed by atoms with Crippen LogP contribution in [0.25, 0.3) is 5.57 Å². The number of carbonyl (C=O) groups excluding carboxylic acids is 1. The van der Waals surface area contributed by atoms with Crippen molar-refractivity contribution in [3.63, 3.8) is 0 Å². The third-order valence-corrected chi connectivity index (χ3v) is 5.17. The molecular formula is C23H26BrFN2O2. The number of nitrogens with one attached hydrogen (secondary N) is 1. The minimum atomic E-state index is -0.377. The Morgan fingerprint density at radius 1 is 1.24 bits per heavy atom. The van der Waals surface area contributed by atoms with E-state index in [0.717, 1.165) is 29.5 Å². The SMILES string of the molecule is CCC/C=C(\C(=O)NC)c1cccc(C)c1CO/N=C(\C)c1cccc(Br)c1F. The zero-order chi connectivity index (χ0) is 21.4. The minimum absolute atomic E-state index is 0.138. The quantitative estimate of drug-likeness (QED) is 0.309. The predicted octanol–water partition coefficient (Wildman–Crippen LogP) is 5.77. The van der Waals surface area contributed by atoms with E-state index in [4.69, 9.17) is 4.84 Å². The first-order valence-electron chi connectivity index (χ1n) is 9.52. The molecule has 154 valence electrons. The monoisotopic (exact) mass is 460 g/mol.